The first-order valence-corrected chi connectivity index (χ1v) is 8.99. The minimum absolute atomic E-state index is 0.325. The number of halogens is 2. The van der Waals surface area contributed by atoms with E-state index in [1.807, 2.05) is 18.2 Å². The van der Waals surface area contributed by atoms with Crippen LogP contribution in [0.4, 0.5) is 5.69 Å². The van der Waals surface area contributed by atoms with Crippen LogP contribution in [0.5, 0.6) is 0 Å². The number of hydrogen-bond acceptors (Lipinski definition) is 3. The maximum atomic E-state index is 10.0. The zero-order valence-electron chi connectivity index (χ0n) is 12.3. The molecule has 1 aromatic carbocycles. The molecule has 0 aliphatic heterocycles. The van der Waals surface area contributed by atoms with Crippen LogP contribution in [0.2, 0.25) is 5.02 Å². The summed E-state index contributed by atoms with van der Waals surface area (Å²) >= 11 is 8.16. The number of benzene rings is 1. The molecule has 1 aliphatic carbocycles. The van der Waals surface area contributed by atoms with Crippen molar-refractivity contribution in [2.75, 3.05) is 18.5 Å². The van der Waals surface area contributed by atoms with Gasteiger partial charge in [0.1, 0.15) is 0 Å². The van der Waals surface area contributed by atoms with Gasteiger partial charge in [-0.25, -0.2) is 0 Å². The minimum Gasteiger partial charge on any atom is -0.389 e. The van der Waals surface area contributed by atoms with Gasteiger partial charge >= 0.3 is 0 Å². The first kappa shape index (κ1) is 17.3. The van der Waals surface area contributed by atoms with Gasteiger partial charge in [0.25, 0.3) is 0 Å². The minimum atomic E-state index is -0.490. The summed E-state index contributed by atoms with van der Waals surface area (Å²) in [6.45, 7) is 3.18. The molecule has 0 bridgehead atoms. The predicted molar refractivity (Wildman–Crippen MR) is 96.0 cm³/mol. The summed E-state index contributed by atoms with van der Waals surface area (Å²) in [6, 6.07) is 5.68. The Hall–Kier alpha value is -0.0400. The van der Waals surface area contributed by atoms with E-state index < -0.39 is 6.10 Å². The third-order valence-electron chi connectivity index (χ3n) is 3.95. The Morgan fingerprint density at radius 3 is 2.76 bits per heavy atom. The average molecular weight is 424 g/mol. The summed E-state index contributed by atoms with van der Waals surface area (Å²) in [7, 11) is 0. The fraction of sp³-hybridized carbons (Fsp3) is 0.625. The quantitative estimate of drug-likeness (QED) is 0.670. The molecule has 0 radical (unpaired) electrons. The van der Waals surface area contributed by atoms with Gasteiger partial charge in [-0.2, -0.15) is 0 Å². The normalized spacial score (nSPS) is 23.8. The van der Waals surface area contributed by atoms with E-state index in [4.69, 9.17) is 16.3 Å². The van der Waals surface area contributed by atoms with Crippen LogP contribution in [-0.4, -0.2) is 30.5 Å². The molecule has 1 aliphatic rings. The van der Waals surface area contributed by atoms with Gasteiger partial charge in [-0.05, 0) is 72.4 Å². The summed E-state index contributed by atoms with van der Waals surface area (Å²) in [5.74, 6) is 0.823. The summed E-state index contributed by atoms with van der Waals surface area (Å²) in [4.78, 5) is 0. The molecule has 2 N–H and O–H groups in total. The third kappa shape index (κ3) is 5.93. The van der Waals surface area contributed by atoms with Gasteiger partial charge in [-0.15, -0.1) is 0 Å². The van der Waals surface area contributed by atoms with Crippen LogP contribution in [-0.2, 0) is 4.74 Å². The van der Waals surface area contributed by atoms with Crippen LogP contribution >= 0.6 is 34.2 Å². The van der Waals surface area contributed by atoms with Crippen molar-refractivity contribution >= 4 is 39.9 Å². The molecule has 1 unspecified atom stereocenters. The topological polar surface area (TPSA) is 41.5 Å². The van der Waals surface area contributed by atoms with Gasteiger partial charge in [-0.1, -0.05) is 18.5 Å². The first-order chi connectivity index (χ1) is 10.0. The van der Waals surface area contributed by atoms with Gasteiger partial charge < -0.3 is 15.2 Å². The Labute approximate surface area is 145 Å². The molecule has 1 fully saturated rings. The summed E-state index contributed by atoms with van der Waals surface area (Å²) < 4.78 is 6.87. The van der Waals surface area contributed by atoms with Crippen molar-refractivity contribution in [3.05, 3.63) is 26.8 Å². The van der Waals surface area contributed by atoms with Gasteiger partial charge in [-0.3, -0.25) is 0 Å². The standard InChI is InChI=1S/C16H23ClINO2/c1-11-2-5-14(6-3-11)21-10-13(20)9-19-16-7-4-12(17)8-15(16)18/h4,7-8,11,13-14,19-20H,2-3,5-6,9-10H2,1H3. The fourth-order valence-corrected chi connectivity index (χ4v) is 3.63. The smallest absolute Gasteiger partial charge is 0.0945 e. The zero-order chi connectivity index (χ0) is 15.2. The third-order valence-corrected chi connectivity index (χ3v) is 5.07. The largest absolute Gasteiger partial charge is 0.389 e. The molecule has 0 saturated heterocycles. The molecule has 0 heterocycles. The average Bonchev–Trinajstić information content (AvgIpc) is 2.46. The lowest BCUT2D eigenvalue weighted by Gasteiger charge is -2.27. The molecule has 2 rings (SSSR count). The molecule has 0 spiro atoms. The highest BCUT2D eigenvalue weighted by Crippen LogP contribution is 2.25. The Bertz CT molecular complexity index is 450. The maximum Gasteiger partial charge on any atom is 0.0945 e. The monoisotopic (exact) mass is 423 g/mol. The van der Waals surface area contributed by atoms with E-state index in [2.05, 4.69) is 34.8 Å². The number of aliphatic hydroxyl groups excluding tert-OH is 1. The van der Waals surface area contributed by atoms with E-state index in [9.17, 15) is 5.11 Å². The van der Waals surface area contributed by atoms with Crippen molar-refractivity contribution in [1.29, 1.82) is 0 Å². The van der Waals surface area contributed by atoms with E-state index in [0.29, 0.717) is 19.3 Å². The second-order valence-corrected chi connectivity index (χ2v) is 7.47. The molecule has 0 aromatic heterocycles. The Morgan fingerprint density at radius 1 is 1.38 bits per heavy atom. The molecule has 21 heavy (non-hydrogen) atoms. The highest BCUT2D eigenvalue weighted by atomic mass is 127. The van der Waals surface area contributed by atoms with Crippen molar-refractivity contribution < 1.29 is 9.84 Å². The number of ether oxygens (including phenoxy) is 1. The number of aliphatic hydroxyl groups is 1. The fourth-order valence-electron chi connectivity index (χ4n) is 2.56. The molecule has 1 atom stereocenters. The highest BCUT2D eigenvalue weighted by Gasteiger charge is 2.19. The predicted octanol–water partition coefficient (Wildman–Crippen LogP) is 4.31. The second kappa shape index (κ2) is 8.56. The summed E-state index contributed by atoms with van der Waals surface area (Å²) in [5, 5.41) is 14.0. The molecular weight excluding hydrogens is 401 g/mol. The van der Waals surface area contributed by atoms with Crippen molar-refractivity contribution in [3.63, 3.8) is 0 Å². The van der Waals surface area contributed by atoms with Crippen LogP contribution in [0.1, 0.15) is 32.6 Å². The molecule has 5 heteroatoms. The number of nitrogens with one attached hydrogen (secondary N) is 1. The van der Waals surface area contributed by atoms with E-state index >= 15 is 0 Å². The van der Waals surface area contributed by atoms with Crippen LogP contribution in [0.3, 0.4) is 0 Å². The maximum absolute atomic E-state index is 10.0. The van der Waals surface area contributed by atoms with Crippen LogP contribution in [0, 0.1) is 9.49 Å². The summed E-state index contributed by atoms with van der Waals surface area (Å²) in [6.07, 6.45) is 4.55. The number of rotatable bonds is 6. The highest BCUT2D eigenvalue weighted by molar-refractivity contribution is 14.1. The molecule has 1 saturated carbocycles. The van der Waals surface area contributed by atoms with Gasteiger partial charge in [0, 0.05) is 20.8 Å². The van der Waals surface area contributed by atoms with Crippen molar-refractivity contribution in [1.82, 2.24) is 0 Å². The molecule has 3 nitrogen and oxygen atoms in total. The van der Waals surface area contributed by atoms with Crippen LogP contribution in [0.25, 0.3) is 0 Å². The Morgan fingerprint density at radius 2 is 2.10 bits per heavy atom. The SMILES string of the molecule is CC1CCC(OCC(O)CNc2ccc(Cl)cc2I)CC1. The van der Waals surface area contributed by atoms with Crippen molar-refractivity contribution in [3.8, 4) is 0 Å². The van der Waals surface area contributed by atoms with Gasteiger partial charge in [0.15, 0.2) is 0 Å². The van der Waals surface area contributed by atoms with E-state index in [1.165, 1.54) is 12.8 Å². The van der Waals surface area contributed by atoms with Crippen LogP contribution < -0.4 is 5.32 Å². The molecular formula is C16H23ClINO2. The lowest BCUT2D eigenvalue weighted by Crippen LogP contribution is -2.29. The summed E-state index contributed by atoms with van der Waals surface area (Å²) in [5.41, 5.74) is 0.991. The van der Waals surface area contributed by atoms with E-state index in [-0.39, 0.29) is 0 Å². The number of hydrogen-bond donors (Lipinski definition) is 2. The Balaban J connectivity index is 1.68. The number of anilines is 1. The zero-order valence-corrected chi connectivity index (χ0v) is 15.2. The molecule has 118 valence electrons. The van der Waals surface area contributed by atoms with E-state index in [1.54, 1.807) is 0 Å². The second-order valence-electron chi connectivity index (χ2n) is 5.87. The van der Waals surface area contributed by atoms with Gasteiger partial charge in [0.2, 0.25) is 0 Å². The van der Waals surface area contributed by atoms with Crippen LogP contribution in [0.15, 0.2) is 18.2 Å². The van der Waals surface area contributed by atoms with Gasteiger partial charge in [0.05, 0.1) is 18.8 Å². The lowest BCUT2D eigenvalue weighted by atomic mass is 9.89. The van der Waals surface area contributed by atoms with E-state index in [0.717, 1.165) is 33.0 Å². The lowest BCUT2D eigenvalue weighted by molar-refractivity contribution is -0.0245. The van der Waals surface area contributed by atoms with Crippen molar-refractivity contribution in [2.45, 2.75) is 44.8 Å². The first-order valence-electron chi connectivity index (χ1n) is 7.53. The Kier molecular flexibility index (Phi) is 7.05. The van der Waals surface area contributed by atoms with Crippen molar-refractivity contribution in [2.24, 2.45) is 5.92 Å². The molecule has 1 aromatic rings. The molecule has 0 amide bonds.